The molecule has 0 saturated carbocycles. The maximum Gasteiger partial charge on any atom is 0.320 e. The van der Waals surface area contributed by atoms with Crippen LogP contribution in [0.25, 0.3) is 0 Å². The van der Waals surface area contributed by atoms with E-state index in [-0.39, 0.29) is 5.41 Å². The summed E-state index contributed by atoms with van der Waals surface area (Å²) >= 11 is 0. The van der Waals surface area contributed by atoms with Gasteiger partial charge < -0.3 is 9.47 Å². The first-order valence-electron chi connectivity index (χ1n) is 5.03. The first-order valence-corrected chi connectivity index (χ1v) is 5.03. The van der Waals surface area contributed by atoms with Crippen molar-refractivity contribution >= 4 is 11.9 Å². The van der Waals surface area contributed by atoms with Crippen molar-refractivity contribution < 1.29 is 19.1 Å². The summed E-state index contributed by atoms with van der Waals surface area (Å²) in [6.07, 6.45) is 1.33. The monoisotopic (exact) mass is 216 g/mol. The first kappa shape index (κ1) is 13.9. The van der Waals surface area contributed by atoms with Gasteiger partial charge in [0.25, 0.3) is 0 Å². The van der Waals surface area contributed by atoms with Gasteiger partial charge in [-0.2, -0.15) is 0 Å². The molecule has 0 bridgehead atoms. The quantitative estimate of drug-likeness (QED) is 0.519. The fourth-order valence-corrected chi connectivity index (χ4v) is 1.24. The summed E-state index contributed by atoms with van der Waals surface area (Å²) in [6.45, 7) is 6.03. The van der Waals surface area contributed by atoms with E-state index in [9.17, 15) is 9.59 Å². The zero-order chi connectivity index (χ0) is 12.1. The lowest BCUT2D eigenvalue weighted by atomic mass is 9.80. The minimum Gasteiger partial charge on any atom is -0.468 e. The van der Waals surface area contributed by atoms with Gasteiger partial charge >= 0.3 is 11.9 Å². The summed E-state index contributed by atoms with van der Waals surface area (Å²) in [5, 5.41) is 0. The smallest absolute Gasteiger partial charge is 0.320 e. The summed E-state index contributed by atoms with van der Waals surface area (Å²) in [7, 11) is 2.55. The summed E-state index contributed by atoms with van der Waals surface area (Å²) in [5.41, 5.74) is -0.0763. The molecule has 0 aliphatic heterocycles. The maximum absolute atomic E-state index is 11.4. The summed E-state index contributed by atoms with van der Waals surface area (Å²) in [4.78, 5) is 22.8. The molecule has 0 N–H and O–H groups in total. The van der Waals surface area contributed by atoms with E-state index < -0.39 is 17.9 Å². The third-order valence-electron chi connectivity index (χ3n) is 2.69. The van der Waals surface area contributed by atoms with Crippen LogP contribution in [0.4, 0.5) is 0 Å². The van der Waals surface area contributed by atoms with Crippen molar-refractivity contribution in [3.63, 3.8) is 0 Å². The lowest BCUT2D eigenvalue weighted by Gasteiger charge is -2.25. The SMILES string of the molecule is CCC(C)(C)CC(C(=O)OC)C(=O)OC. The van der Waals surface area contributed by atoms with E-state index in [1.165, 1.54) is 14.2 Å². The van der Waals surface area contributed by atoms with Gasteiger partial charge in [-0.25, -0.2) is 0 Å². The highest BCUT2D eigenvalue weighted by molar-refractivity contribution is 5.94. The standard InChI is InChI=1S/C11H20O4/c1-6-11(2,3)7-8(9(12)14-4)10(13)15-5/h8H,6-7H2,1-5H3. The third-order valence-corrected chi connectivity index (χ3v) is 2.69. The zero-order valence-electron chi connectivity index (χ0n) is 10.1. The lowest BCUT2D eigenvalue weighted by molar-refractivity contribution is -0.160. The molecule has 0 aromatic rings. The highest BCUT2D eigenvalue weighted by Gasteiger charge is 2.33. The molecular weight excluding hydrogens is 196 g/mol. The number of ether oxygens (including phenoxy) is 2. The van der Waals surface area contributed by atoms with Crippen LogP contribution in [0, 0.1) is 11.3 Å². The summed E-state index contributed by atoms with van der Waals surface area (Å²) < 4.78 is 9.17. The molecule has 0 heterocycles. The molecule has 0 aliphatic carbocycles. The van der Waals surface area contributed by atoms with Gasteiger partial charge in [-0.05, 0) is 11.8 Å². The van der Waals surface area contributed by atoms with Gasteiger partial charge in [-0.15, -0.1) is 0 Å². The van der Waals surface area contributed by atoms with Crippen molar-refractivity contribution in [2.75, 3.05) is 14.2 Å². The zero-order valence-corrected chi connectivity index (χ0v) is 10.1. The molecule has 0 amide bonds. The average molecular weight is 216 g/mol. The molecule has 0 unspecified atom stereocenters. The summed E-state index contributed by atoms with van der Waals surface area (Å²) in [5.74, 6) is -1.86. The number of hydrogen-bond acceptors (Lipinski definition) is 4. The fourth-order valence-electron chi connectivity index (χ4n) is 1.24. The Labute approximate surface area is 90.9 Å². The van der Waals surface area contributed by atoms with Crippen molar-refractivity contribution in [3.8, 4) is 0 Å². The van der Waals surface area contributed by atoms with Crippen LogP contribution in [-0.4, -0.2) is 26.2 Å². The van der Waals surface area contributed by atoms with Gasteiger partial charge in [-0.1, -0.05) is 27.2 Å². The molecule has 0 atom stereocenters. The molecule has 0 spiro atoms. The Hall–Kier alpha value is -1.06. The van der Waals surface area contributed by atoms with Crippen LogP contribution in [0.15, 0.2) is 0 Å². The van der Waals surface area contributed by atoms with Gasteiger partial charge in [0, 0.05) is 0 Å². The molecule has 15 heavy (non-hydrogen) atoms. The van der Waals surface area contributed by atoms with Crippen LogP contribution in [0.5, 0.6) is 0 Å². The number of hydrogen-bond donors (Lipinski definition) is 0. The predicted octanol–water partition coefficient (Wildman–Crippen LogP) is 1.77. The second kappa shape index (κ2) is 5.73. The Morgan fingerprint density at radius 2 is 1.53 bits per heavy atom. The minimum absolute atomic E-state index is 0.0763. The van der Waals surface area contributed by atoms with Crippen LogP contribution in [0.1, 0.15) is 33.6 Å². The van der Waals surface area contributed by atoms with Crippen molar-refractivity contribution in [1.82, 2.24) is 0 Å². The van der Waals surface area contributed by atoms with Crippen LogP contribution >= 0.6 is 0 Å². The molecule has 4 nitrogen and oxygen atoms in total. The van der Waals surface area contributed by atoms with Crippen molar-refractivity contribution in [1.29, 1.82) is 0 Å². The third kappa shape index (κ3) is 4.32. The molecule has 88 valence electrons. The topological polar surface area (TPSA) is 52.6 Å². The average Bonchev–Trinajstić information content (AvgIpc) is 2.23. The molecule has 0 saturated heterocycles. The second-order valence-electron chi connectivity index (χ2n) is 4.32. The van der Waals surface area contributed by atoms with E-state index in [4.69, 9.17) is 0 Å². The molecule has 4 heteroatoms. The summed E-state index contributed by atoms with van der Waals surface area (Å²) in [6, 6.07) is 0. The number of rotatable bonds is 5. The maximum atomic E-state index is 11.4. The Morgan fingerprint density at radius 3 is 1.80 bits per heavy atom. The van der Waals surface area contributed by atoms with Gasteiger partial charge in [-0.3, -0.25) is 9.59 Å². The van der Waals surface area contributed by atoms with E-state index >= 15 is 0 Å². The number of esters is 2. The molecule has 0 aromatic carbocycles. The molecule has 0 radical (unpaired) electrons. The van der Waals surface area contributed by atoms with E-state index in [2.05, 4.69) is 9.47 Å². The predicted molar refractivity (Wildman–Crippen MR) is 56.2 cm³/mol. The Bertz CT molecular complexity index is 217. The van der Waals surface area contributed by atoms with Crippen molar-refractivity contribution in [3.05, 3.63) is 0 Å². The number of carbonyl (C=O) groups is 2. The Kier molecular flexibility index (Phi) is 5.33. The highest BCUT2D eigenvalue weighted by Crippen LogP contribution is 2.29. The Morgan fingerprint density at radius 1 is 1.13 bits per heavy atom. The molecule has 0 rings (SSSR count). The molecule has 0 fully saturated rings. The van der Waals surface area contributed by atoms with Crippen molar-refractivity contribution in [2.24, 2.45) is 11.3 Å². The first-order chi connectivity index (χ1) is 6.87. The van der Waals surface area contributed by atoms with E-state index in [1.54, 1.807) is 0 Å². The van der Waals surface area contributed by atoms with Gasteiger partial charge in [0.05, 0.1) is 14.2 Å². The lowest BCUT2D eigenvalue weighted by Crippen LogP contribution is -2.31. The van der Waals surface area contributed by atoms with Crippen LogP contribution in [-0.2, 0) is 19.1 Å². The van der Waals surface area contributed by atoms with Crippen LogP contribution in [0.3, 0.4) is 0 Å². The Balaban J connectivity index is 4.66. The van der Waals surface area contributed by atoms with E-state index in [1.807, 2.05) is 20.8 Å². The molecule has 0 aliphatic rings. The number of methoxy groups -OCH3 is 2. The normalized spacial score (nSPS) is 11.3. The van der Waals surface area contributed by atoms with Crippen LogP contribution < -0.4 is 0 Å². The van der Waals surface area contributed by atoms with Gasteiger partial charge in [0.2, 0.25) is 0 Å². The minimum atomic E-state index is -0.810. The second-order valence-corrected chi connectivity index (χ2v) is 4.32. The number of carbonyl (C=O) groups excluding carboxylic acids is 2. The van der Waals surface area contributed by atoms with E-state index in [0.29, 0.717) is 6.42 Å². The largest absolute Gasteiger partial charge is 0.468 e. The molecular formula is C11H20O4. The van der Waals surface area contributed by atoms with Crippen molar-refractivity contribution in [2.45, 2.75) is 33.6 Å². The van der Waals surface area contributed by atoms with E-state index in [0.717, 1.165) is 6.42 Å². The fraction of sp³-hybridized carbons (Fsp3) is 0.818. The highest BCUT2D eigenvalue weighted by atomic mass is 16.5. The van der Waals surface area contributed by atoms with Gasteiger partial charge in [0.1, 0.15) is 0 Å². The molecule has 0 aromatic heterocycles. The van der Waals surface area contributed by atoms with Gasteiger partial charge in [0.15, 0.2) is 5.92 Å². The van der Waals surface area contributed by atoms with Crippen LogP contribution in [0.2, 0.25) is 0 Å².